The number of hydrogen-bond acceptors (Lipinski definition) is 6. The number of carbonyl (C=O) groups is 2. The van der Waals surface area contributed by atoms with Crippen molar-refractivity contribution in [1.82, 2.24) is 10.0 Å². The van der Waals surface area contributed by atoms with Crippen molar-refractivity contribution in [2.45, 2.75) is 13.0 Å². The van der Waals surface area contributed by atoms with Crippen LogP contribution in [0, 0.1) is 15.2 Å². The van der Waals surface area contributed by atoms with Crippen LogP contribution in [0.1, 0.15) is 27.8 Å². The van der Waals surface area contributed by atoms with E-state index in [0.29, 0.717) is 3.57 Å². The van der Waals surface area contributed by atoms with E-state index >= 15 is 0 Å². The SMILES string of the molecule is CC(=O)c1c(F)c(C(=O)NOC[C@H](O)CO)c(Nc2ccc(I)cc2F)n1C. The second-order valence-electron chi connectivity index (χ2n) is 5.83. The summed E-state index contributed by atoms with van der Waals surface area (Å²) in [7, 11) is 1.35. The molecule has 28 heavy (non-hydrogen) atoms. The van der Waals surface area contributed by atoms with E-state index in [0.717, 1.165) is 11.5 Å². The maximum atomic E-state index is 14.8. The van der Waals surface area contributed by atoms with Gasteiger partial charge in [-0.3, -0.25) is 14.4 Å². The average Bonchev–Trinajstić information content (AvgIpc) is 2.87. The van der Waals surface area contributed by atoms with Gasteiger partial charge in [-0.05, 0) is 40.8 Å². The number of nitrogens with one attached hydrogen (secondary N) is 2. The molecule has 0 unspecified atom stereocenters. The molecule has 2 rings (SSSR count). The molecule has 1 aromatic heterocycles. The molecule has 0 aliphatic heterocycles. The zero-order valence-corrected chi connectivity index (χ0v) is 17.1. The highest BCUT2D eigenvalue weighted by molar-refractivity contribution is 14.1. The Morgan fingerprint density at radius 1 is 1.36 bits per heavy atom. The molecule has 11 heteroatoms. The number of halogens is 3. The molecular formula is C17H18F2IN3O5. The number of rotatable bonds is 8. The van der Waals surface area contributed by atoms with Gasteiger partial charge < -0.3 is 20.1 Å². The quantitative estimate of drug-likeness (QED) is 0.246. The van der Waals surface area contributed by atoms with E-state index in [4.69, 9.17) is 9.94 Å². The number of nitrogens with zero attached hydrogens (tertiary/aromatic N) is 1. The Bertz CT molecular complexity index is 903. The Kier molecular flexibility index (Phi) is 7.46. The normalized spacial score (nSPS) is 12.0. The van der Waals surface area contributed by atoms with Gasteiger partial charge in [0.2, 0.25) is 0 Å². The van der Waals surface area contributed by atoms with Crippen molar-refractivity contribution < 1.29 is 33.4 Å². The van der Waals surface area contributed by atoms with Crippen LogP contribution in [0.2, 0.25) is 0 Å². The van der Waals surface area contributed by atoms with Crippen LogP contribution in [0.25, 0.3) is 0 Å². The molecule has 1 amide bonds. The number of aliphatic hydroxyl groups excluding tert-OH is 2. The maximum Gasteiger partial charge on any atom is 0.281 e. The fraction of sp³-hybridized carbons (Fsp3) is 0.294. The third kappa shape index (κ3) is 4.84. The van der Waals surface area contributed by atoms with Gasteiger partial charge in [0.1, 0.15) is 35.6 Å². The molecule has 1 atom stereocenters. The maximum absolute atomic E-state index is 14.8. The summed E-state index contributed by atoms with van der Waals surface area (Å²) in [6.45, 7) is 0.0944. The monoisotopic (exact) mass is 509 g/mol. The van der Waals surface area contributed by atoms with Gasteiger partial charge in [-0.25, -0.2) is 14.3 Å². The van der Waals surface area contributed by atoms with Gasteiger partial charge in [-0.1, -0.05) is 0 Å². The number of amides is 1. The van der Waals surface area contributed by atoms with Crippen molar-refractivity contribution in [3.8, 4) is 0 Å². The molecule has 0 radical (unpaired) electrons. The molecule has 0 spiro atoms. The summed E-state index contributed by atoms with van der Waals surface area (Å²) in [6, 6.07) is 4.26. The van der Waals surface area contributed by atoms with Crippen LogP contribution in [-0.4, -0.2) is 45.8 Å². The van der Waals surface area contributed by atoms with E-state index < -0.39 is 48.2 Å². The third-order valence-electron chi connectivity index (χ3n) is 3.73. The second-order valence-corrected chi connectivity index (χ2v) is 7.07. The second kappa shape index (κ2) is 9.41. The van der Waals surface area contributed by atoms with E-state index in [1.165, 1.54) is 19.2 Å². The van der Waals surface area contributed by atoms with Crippen LogP contribution in [0.3, 0.4) is 0 Å². The third-order valence-corrected chi connectivity index (χ3v) is 4.40. The molecule has 0 saturated heterocycles. The number of hydroxylamine groups is 1. The molecule has 0 saturated carbocycles. The summed E-state index contributed by atoms with van der Waals surface area (Å²) in [4.78, 5) is 28.9. The van der Waals surface area contributed by atoms with Gasteiger partial charge in [0.25, 0.3) is 5.91 Å². The largest absolute Gasteiger partial charge is 0.394 e. The van der Waals surface area contributed by atoms with Gasteiger partial charge >= 0.3 is 0 Å². The summed E-state index contributed by atoms with van der Waals surface area (Å²) in [5, 5.41) is 20.6. The van der Waals surface area contributed by atoms with Gasteiger partial charge in [0, 0.05) is 17.5 Å². The predicted molar refractivity (Wildman–Crippen MR) is 104 cm³/mol. The Labute approximate surface area is 172 Å². The van der Waals surface area contributed by atoms with Gasteiger partial charge in [0.15, 0.2) is 11.6 Å². The lowest BCUT2D eigenvalue weighted by atomic mass is 10.2. The zero-order chi connectivity index (χ0) is 21.0. The van der Waals surface area contributed by atoms with Crippen molar-refractivity contribution in [3.63, 3.8) is 0 Å². The molecule has 0 bridgehead atoms. The molecular weight excluding hydrogens is 491 g/mol. The van der Waals surface area contributed by atoms with Crippen molar-refractivity contribution >= 4 is 45.8 Å². The molecule has 0 fully saturated rings. The number of aromatic nitrogens is 1. The van der Waals surface area contributed by atoms with E-state index in [2.05, 4.69) is 5.32 Å². The summed E-state index contributed by atoms with van der Waals surface area (Å²) < 4.78 is 30.7. The first kappa shape index (κ1) is 22.2. The summed E-state index contributed by atoms with van der Waals surface area (Å²) in [6.07, 6.45) is -1.24. The van der Waals surface area contributed by atoms with E-state index in [9.17, 15) is 23.5 Å². The lowest BCUT2D eigenvalue weighted by Gasteiger charge is -2.13. The standard InChI is InChI=1S/C17H18F2IN3O5/c1-8(25)15-14(19)13(17(27)22-28-7-10(26)6-24)16(23(15)2)21-12-4-3-9(20)5-11(12)18/h3-5,10,21,24,26H,6-7H2,1-2H3,(H,22,27)/t10-/m1/s1. The van der Waals surface area contributed by atoms with E-state index in [-0.39, 0.29) is 17.2 Å². The summed E-state index contributed by atoms with van der Waals surface area (Å²) in [5.41, 5.74) is 0.952. The minimum Gasteiger partial charge on any atom is -0.394 e. The molecule has 0 aliphatic rings. The average molecular weight is 509 g/mol. The fourth-order valence-electron chi connectivity index (χ4n) is 2.42. The van der Waals surface area contributed by atoms with Crippen LogP contribution in [0.15, 0.2) is 18.2 Å². The van der Waals surface area contributed by atoms with Gasteiger partial charge in [0.05, 0.1) is 12.3 Å². The van der Waals surface area contributed by atoms with Crippen molar-refractivity contribution in [2.24, 2.45) is 7.05 Å². The first-order chi connectivity index (χ1) is 13.2. The Morgan fingerprint density at radius 2 is 2.04 bits per heavy atom. The van der Waals surface area contributed by atoms with E-state index in [1.54, 1.807) is 6.07 Å². The lowest BCUT2D eigenvalue weighted by Crippen LogP contribution is -2.30. The molecule has 1 aromatic carbocycles. The molecule has 152 valence electrons. The molecule has 2 aromatic rings. The number of hydrogen-bond donors (Lipinski definition) is 4. The Hall–Kier alpha value is -2.09. The highest BCUT2D eigenvalue weighted by atomic mass is 127. The highest BCUT2D eigenvalue weighted by Gasteiger charge is 2.29. The molecule has 4 N–H and O–H groups in total. The Balaban J connectivity index is 2.41. The minimum atomic E-state index is -1.24. The number of benzene rings is 1. The van der Waals surface area contributed by atoms with Crippen molar-refractivity contribution in [2.75, 3.05) is 18.5 Å². The lowest BCUT2D eigenvalue weighted by molar-refractivity contribution is -0.0296. The zero-order valence-electron chi connectivity index (χ0n) is 14.9. The number of aliphatic hydroxyl groups is 2. The minimum absolute atomic E-state index is 0.0261. The number of anilines is 2. The van der Waals surface area contributed by atoms with Crippen LogP contribution in [0.5, 0.6) is 0 Å². The summed E-state index contributed by atoms with van der Waals surface area (Å²) in [5.74, 6) is -3.59. The Morgan fingerprint density at radius 3 is 2.61 bits per heavy atom. The first-order valence-corrected chi connectivity index (χ1v) is 9.07. The predicted octanol–water partition coefficient (Wildman–Crippen LogP) is 1.87. The van der Waals surface area contributed by atoms with Gasteiger partial charge in [-0.2, -0.15) is 0 Å². The van der Waals surface area contributed by atoms with Gasteiger partial charge in [-0.15, -0.1) is 0 Å². The highest BCUT2D eigenvalue weighted by Crippen LogP contribution is 2.30. The number of Topliss-reactive ketones (excluding diaryl/α,β-unsaturated/α-hetero) is 1. The first-order valence-electron chi connectivity index (χ1n) is 7.99. The molecule has 0 aliphatic carbocycles. The summed E-state index contributed by atoms with van der Waals surface area (Å²) >= 11 is 1.92. The molecule has 8 nitrogen and oxygen atoms in total. The van der Waals surface area contributed by atoms with Crippen molar-refractivity contribution in [3.05, 3.63) is 44.7 Å². The fourth-order valence-corrected chi connectivity index (χ4v) is 2.87. The smallest absolute Gasteiger partial charge is 0.281 e. The van der Waals surface area contributed by atoms with Crippen LogP contribution < -0.4 is 10.8 Å². The number of ketones is 1. The number of carbonyl (C=O) groups excluding carboxylic acids is 2. The van der Waals surface area contributed by atoms with Crippen molar-refractivity contribution in [1.29, 1.82) is 0 Å². The van der Waals surface area contributed by atoms with Crippen LogP contribution >= 0.6 is 22.6 Å². The van der Waals surface area contributed by atoms with Crippen LogP contribution in [-0.2, 0) is 11.9 Å². The topological polar surface area (TPSA) is 113 Å². The van der Waals surface area contributed by atoms with Crippen LogP contribution in [0.4, 0.5) is 20.3 Å². The molecule has 1 heterocycles. The van der Waals surface area contributed by atoms with E-state index in [1.807, 2.05) is 28.1 Å².